The third-order valence-electron chi connectivity index (χ3n) is 4.19. The van der Waals surface area contributed by atoms with Crippen molar-refractivity contribution in [3.8, 4) is 0 Å². The van der Waals surface area contributed by atoms with Crippen LogP contribution in [0.3, 0.4) is 0 Å². The summed E-state index contributed by atoms with van der Waals surface area (Å²) in [4.78, 5) is 16.9. The van der Waals surface area contributed by atoms with Gasteiger partial charge in [-0.2, -0.15) is 0 Å². The third-order valence-corrected chi connectivity index (χ3v) is 4.19. The van der Waals surface area contributed by atoms with Crippen molar-refractivity contribution in [2.45, 2.75) is 18.7 Å². The molecule has 0 fully saturated rings. The van der Waals surface area contributed by atoms with E-state index in [2.05, 4.69) is 10.3 Å². The van der Waals surface area contributed by atoms with Gasteiger partial charge in [-0.1, -0.05) is 36.4 Å². The fraction of sp³-hybridized carbons (Fsp3) is 0.158. The molecule has 128 valence electrons. The molecule has 0 aliphatic carbocycles. The zero-order valence-electron chi connectivity index (χ0n) is 13.6. The number of pyridine rings is 1. The van der Waals surface area contributed by atoms with E-state index in [-0.39, 0.29) is 5.56 Å². The van der Waals surface area contributed by atoms with Gasteiger partial charge in [-0.25, -0.2) is 4.39 Å². The van der Waals surface area contributed by atoms with Crippen LogP contribution in [0.2, 0.25) is 0 Å². The van der Waals surface area contributed by atoms with Crippen molar-refractivity contribution < 1.29 is 14.3 Å². The lowest BCUT2D eigenvalue weighted by Crippen LogP contribution is -2.59. The fourth-order valence-corrected chi connectivity index (χ4v) is 2.72. The molecule has 0 aliphatic heterocycles. The maximum absolute atomic E-state index is 13.6. The maximum atomic E-state index is 13.6. The average molecular weight is 339 g/mol. The molecule has 1 heterocycles. The van der Waals surface area contributed by atoms with Crippen LogP contribution >= 0.6 is 0 Å². The third kappa shape index (κ3) is 3.22. The molecule has 1 amide bonds. The van der Waals surface area contributed by atoms with Crippen LogP contribution in [0, 0.1) is 5.82 Å². The minimum Gasteiger partial charge on any atom is -0.389 e. The van der Waals surface area contributed by atoms with Gasteiger partial charge in [0.1, 0.15) is 11.5 Å². The summed E-state index contributed by atoms with van der Waals surface area (Å²) in [6, 6.07) is 12.8. The number of hydrogen-bond donors (Lipinski definition) is 3. The number of hydrogen-bond acceptors (Lipinski definition) is 4. The molecule has 0 aliphatic rings. The number of aliphatic hydroxyl groups is 1. The molecule has 0 radical (unpaired) electrons. The highest BCUT2D eigenvalue weighted by atomic mass is 19.1. The first-order valence-electron chi connectivity index (χ1n) is 7.80. The van der Waals surface area contributed by atoms with Crippen LogP contribution in [0.4, 0.5) is 4.39 Å². The summed E-state index contributed by atoms with van der Waals surface area (Å²) in [5.41, 5.74) is 5.19. The molecule has 3 rings (SSSR count). The Balaban J connectivity index is 2.01. The Labute approximate surface area is 144 Å². The van der Waals surface area contributed by atoms with E-state index in [4.69, 9.17) is 5.73 Å². The van der Waals surface area contributed by atoms with Crippen molar-refractivity contribution in [3.63, 3.8) is 0 Å². The molecule has 2 unspecified atom stereocenters. The van der Waals surface area contributed by atoms with Gasteiger partial charge in [0.2, 0.25) is 0 Å². The number of halogens is 1. The normalized spacial score (nSPS) is 14.7. The van der Waals surface area contributed by atoms with E-state index in [9.17, 15) is 14.3 Å². The van der Waals surface area contributed by atoms with Crippen molar-refractivity contribution in [3.05, 3.63) is 77.9 Å². The molecular weight excluding hydrogens is 321 g/mol. The van der Waals surface area contributed by atoms with Gasteiger partial charge in [-0.15, -0.1) is 0 Å². The second-order valence-corrected chi connectivity index (χ2v) is 5.92. The first-order valence-corrected chi connectivity index (χ1v) is 7.80. The number of benzene rings is 2. The van der Waals surface area contributed by atoms with Gasteiger partial charge in [0.15, 0.2) is 0 Å². The number of carbonyl (C=O) groups excluding carboxylic acids is 1. The van der Waals surface area contributed by atoms with Crippen LogP contribution in [-0.2, 0) is 5.66 Å². The van der Waals surface area contributed by atoms with Crippen LogP contribution in [-0.4, -0.2) is 22.1 Å². The van der Waals surface area contributed by atoms with Crippen LogP contribution in [0.15, 0.2) is 60.9 Å². The Kier molecular flexibility index (Phi) is 4.48. The number of nitrogens with zero attached hydrogens (tertiary/aromatic N) is 1. The smallest absolute Gasteiger partial charge is 0.255 e. The van der Waals surface area contributed by atoms with E-state index in [1.807, 2.05) is 18.2 Å². The number of amides is 1. The molecule has 25 heavy (non-hydrogen) atoms. The van der Waals surface area contributed by atoms with Gasteiger partial charge in [0.05, 0.1) is 11.7 Å². The summed E-state index contributed by atoms with van der Waals surface area (Å²) >= 11 is 0. The monoisotopic (exact) mass is 339 g/mol. The molecular formula is C19H18FN3O2. The second kappa shape index (κ2) is 6.58. The molecule has 0 saturated heterocycles. The van der Waals surface area contributed by atoms with Gasteiger partial charge in [-0.3, -0.25) is 9.78 Å². The lowest BCUT2D eigenvalue weighted by Gasteiger charge is -2.34. The zero-order valence-corrected chi connectivity index (χ0v) is 13.6. The van der Waals surface area contributed by atoms with E-state index in [0.29, 0.717) is 10.9 Å². The van der Waals surface area contributed by atoms with Crippen molar-refractivity contribution in [2.24, 2.45) is 5.73 Å². The first kappa shape index (κ1) is 17.0. The van der Waals surface area contributed by atoms with Crippen LogP contribution in [0.5, 0.6) is 0 Å². The number of nitrogens with one attached hydrogen (secondary N) is 1. The molecule has 0 spiro atoms. The zero-order chi connectivity index (χ0) is 18.0. The predicted molar refractivity (Wildman–Crippen MR) is 93.2 cm³/mol. The van der Waals surface area contributed by atoms with Gasteiger partial charge < -0.3 is 16.2 Å². The number of rotatable bonds is 4. The second-order valence-electron chi connectivity index (χ2n) is 5.92. The van der Waals surface area contributed by atoms with Crippen molar-refractivity contribution in [2.75, 3.05) is 0 Å². The topological polar surface area (TPSA) is 88.2 Å². The summed E-state index contributed by atoms with van der Waals surface area (Å²) in [5.74, 6) is -1.01. The SMILES string of the molecule is CC(O)C(N)(NC(=O)c1cncc2ccccc12)c1cccc(F)c1. The molecule has 2 atom stereocenters. The van der Waals surface area contributed by atoms with E-state index < -0.39 is 23.5 Å². The highest BCUT2D eigenvalue weighted by molar-refractivity contribution is 6.06. The molecule has 2 aromatic carbocycles. The van der Waals surface area contributed by atoms with E-state index >= 15 is 0 Å². The summed E-state index contributed by atoms with van der Waals surface area (Å²) < 4.78 is 13.6. The largest absolute Gasteiger partial charge is 0.389 e. The average Bonchev–Trinajstić information content (AvgIpc) is 2.61. The summed E-state index contributed by atoms with van der Waals surface area (Å²) in [5, 5.41) is 14.3. The summed E-state index contributed by atoms with van der Waals surface area (Å²) in [6.45, 7) is 1.44. The Morgan fingerprint density at radius 3 is 2.72 bits per heavy atom. The number of aromatic nitrogens is 1. The van der Waals surface area contributed by atoms with Gasteiger partial charge >= 0.3 is 0 Å². The van der Waals surface area contributed by atoms with Crippen molar-refractivity contribution in [1.29, 1.82) is 0 Å². The van der Waals surface area contributed by atoms with E-state index in [1.165, 1.54) is 31.3 Å². The minimum absolute atomic E-state index is 0.268. The summed E-state index contributed by atoms with van der Waals surface area (Å²) in [7, 11) is 0. The molecule has 5 nitrogen and oxygen atoms in total. The van der Waals surface area contributed by atoms with Crippen LogP contribution in [0.1, 0.15) is 22.8 Å². The molecule has 0 saturated carbocycles. The van der Waals surface area contributed by atoms with Crippen LogP contribution < -0.4 is 11.1 Å². The van der Waals surface area contributed by atoms with Crippen LogP contribution in [0.25, 0.3) is 10.8 Å². The van der Waals surface area contributed by atoms with E-state index in [1.54, 1.807) is 18.3 Å². The number of aliphatic hydroxyl groups excluding tert-OH is 1. The first-order chi connectivity index (χ1) is 11.9. The lowest BCUT2D eigenvalue weighted by atomic mass is 9.94. The van der Waals surface area contributed by atoms with E-state index in [0.717, 1.165) is 5.39 Å². The Morgan fingerprint density at radius 2 is 2.00 bits per heavy atom. The predicted octanol–water partition coefficient (Wildman–Crippen LogP) is 2.30. The quantitative estimate of drug-likeness (QED) is 0.637. The molecule has 1 aromatic heterocycles. The Morgan fingerprint density at radius 1 is 1.24 bits per heavy atom. The highest BCUT2D eigenvalue weighted by Gasteiger charge is 2.35. The Hall–Kier alpha value is -2.83. The fourth-order valence-electron chi connectivity index (χ4n) is 2.72. The van der Waals surface area contributed by atoms with Gasteiger partial charge in [-0.05, 0) is 30.0 Å². The number of fused-ring (bicyclic) bond motifs is 1. The molecule has 6 heteroatoms. The highest BCUT2D eigenvalue weighted by Crippen LogP contribution is 2.23. The maximum Gasteiger partial charge on any atom is 0.255 e. The number of carbonyl (C=O) groups is 1. The summed E-state index contributed by atoms with van der Waals surface area (Å²) in [6.07, 6.45) is 1.94. The molecule has 3 aromatic rings. The Bertz CT molecular complexity index is 924. The number of nitrogens with two attached hydrogens (primary N) is 1. The lowest BCUT2D eigenvalue weighted by molar-refractivity contribution is 0.0596. The van der Waals surface area contributed by atoms with Gasteiger partial charge in [0, 0.05) is 17.8 Å². The molecule has 0 bridgehead atoms. The van der Waals surface area contributed by atoms with Gasteiger partial charge in [0.25, 0.3) is 5.91 Å². The standard InChI is InChI=1S/C19H18FN3O2/c1-12(24)19(21,14-6-4-7-15(20)9-14)23-18(25)17-11-22-10-13-5-2-3-8-16(13)17/h2-12,24H,21H2,1H3,(H,23,25). The van der Waals surface area contributed by atoms with Crippen molar-refractivity contribution >= 4 is 16.7 Å². The minimum atomic E-state index is -1.64. The molecule has 4 N–H and O–H groups in total. The van der Waals surface area contributed by atoms with Crippen molar-refractivity contribution in [1.82, 2.24) is 10.3 Å².